The summed E-state index contributed by atoms with van der Waals surface area (Å²) < 4.78 is 3.34. The topological polar surface area (TPSA) is 187 Å². The molecule has 286 valence electrons. The van der Waals surface area contributed by atoms with Gasteiger partial charge in [-0.1, -0.05) is 17.3 Å². The van der Waals surface area contributed by atoms with Gasteiger partial charge in [0.2, 0.25) is 11.8 Å². The number of hydrogen-bond acceptors (Lipinski definition) is 12. The molecule has 8 rings (SSSR count). The summed E-state index contributed by atoms with van der Waals surface area (Å²) in [7, 11) is 0. The molecule has 1 saturated carbocycles. The van der Waals surface area contributed by atoms with Gasteiger partial charge in [-0.2, -0.15) is 20.3 Å². The van der Waals surface area contributed by atoms with Crippen LogP contribution in [0.3, 0.4) is 0 Å². The Morgan fingerprint density at radius 1 is 1.00 bits per heavy atom. The predicted molar refractivity (Wildman–Crippen MR) is 209 cm³/mol. The van der Waals surface area contributed by atoms with Crippen molar-refractivity contribution >= 4 is 34.2 Å². The summed E-state index contributed by atoms with van der Waals surface area (Å²) in [6, 6.07) is 15.8. The van der Waals surface area contributed by atoms with Gasteiger partial charge in [0.1, 0.15) is 17.8 Å². The molecule has 0 spiro atoms. The van der Waals surface area contributed by atoms with Crippen LogP contribution in [0.4, 0.5) is 11.4 Å². The number of imide groups is 1. The molecule has 56 heavy (non-hydrogen) atoms. The highest BCUT2D eigenvalue weighted by Gasteiger charge is 2.40. The molecule has 3 fully saturated rings. The highest BCUT2D eigenvalue weighted by Crippen LogP contribution is 2.37. The van der Waals surface area contributed by atoms with Crippen LogP contribution in [0.15, 0.2) is 61.2 Å². The number of hydrogen-bond donors (Lipinski definition) is 2. The maximum atomic E-state index is 12.6. The van der Waals surface area contributed by atoms with E-state index in [2.05, 4.69) is 70.1 Å². The summed E-state index contributed by atoms with van der Waals surface area (Å²) >= 11 is 0. The summed E-state index contributed by atoms with van der Waals surface area (Å²) in [6.45, 7) is 8.82. The van der Waals surface area contributed by atoms with Crippen LogP contribution in [-0.2, 0) is 15.0 Å². The number of carbonyl (C=O) groups is 2. The van der Waals surface area contributed by atoms with E-state index in [1.807, 2.05) is 31.3 Å². The SMILES string of the molecule is C[C@H](C#N)Nc1cc(-n2ncc3cc(C#N)cnc32)ncc1-n1cc(C2CCC(CCN3CCN(c4ccc([C@@]5(C)CCC(=O)NC5=O)cc4)CC3)CC2)nn1. The molecule has 2 aliphatic heterocycles. The fourth-order valence-corrected chi connectivity index (χ4v) is 8.31. The fourth-order valence-electron chi connectivity index (χ4n) is 8.31. The van der Waals surface area contributed by atoms with Crippen LogP contribution in [0.25, 0.3) is 22.5 Å². The standard InChI is InChI=1S/C41H45N13O2/c1-27(21-42)47-34-20-37(54-39-31(24-46-54)19-29(22-43)23-45-39)44-25-36(34)53-26-35(49-50-53)30-5-3-28(4-6-30)12-14-51-15-17-52(18-16-51)33-9-7-32(8-10-33)41(2)13-11-38(55)48-40(41)56/h7-10,19-20,23-28,30H,3-6,11-18H2,1-2H3,(H,44,47)(H,48,55,56)/t27-,28?,30?,41-/m1/s1. The van der Waals surface area contributed by atoms with Crippen molar-refractivity contribution in [2.45, 2.75) is 76.2 Å². The number of rotatable bonds is 10. The lowest BCUT2D eigenvalue weighted by atomic mass is 9.75. The van der Waals surface area contributed by atoms with E-state index in [-0.39, 0.29) is 11.8 Å². The molecule has 2 amide bonds. The van der Waals surface area contributed by atoms with Gasteiger partial charge in [-0.3, -0.25) is 19.8 Å². The number of benzene rings is 1. The number of piperidine rings is 1. The molecule has 0 radical (unpaired) electrons. The normalized spacial score (nSPS) is 22.3. The van der Waals surface area contributed by atoms with E-state index < -0.39 is 11.5 Å². The maximum absolute atomic E-state index is 12.6. The van der Waals surface area contributed by atoms with Crippen LogP contribution in [0.1, 0.15) is 81.5 Å². The number of anilines is 2. The summed E-state index contributed by atoms with van der Waals surface area (Å²) in [6.07, 6.45) is 13.4. The van der Waals surface area contributed by atoms with E-state index in [1.165, 1.54) is 31.1 Å². The largest absolute Gasteiger partial charge is 0.369 e. The summed E-state index contributed by atoms with van der Waals surface area (Å²) in [5, 5.41) is 38.9. The molecule has 3 aliphatic rings. The third-order valence-corrected chi connectivity index (χ3v) is 11.9. The Kier molecular flexibility index (Phi) is 10.2. The predicted octanol–water partition coefficient (Wildman–Crippen LogP) is 4.77. The van der Waals surface area contributed by atoms with Gasteiger partial charge < -0.3 is 10.2 Å². The van der Waals surface area contributed by atoms with Crippen LogP contribution in [0, 0.1) is 28.6 Å². The quantitative estimate of drug-likeness (QED) is 0.187. The molecule has 15 heteroatoms. The van der Waals surface area contributed by atoms with Crippen molar-refractivity contribution in [2.75, 3.05) is 42.9 Å². The van der Waals surface area contributed by atoms with E-state index in [0.29, 0.717) is 53.1 Å². The monoisotopic (exact) mass is 751 g/mol. The Labute approximate surface area is 325 Å². The highest BCUT2D eigenvalue weighted by atomic mass is 16.2. The van der Waals surface area contributed by atoms with E-state index in [9.17, 15) is 20.1 Å². The fraction of sp³-hybridized carbons (Fsp3) is 0.439. The van der Waals surface area contributed by atoms with Crippen LogP contribution < -0.4 is 15.5 Å². The molecule has 2 atom stereocenters. The number of carbonyl (C=O) groups excluding carboxylic acids is 2. The third kappa shape index (κ3) is 7.42. The first-order valence-electron chi connectivity index (χ1n) is 19.5. The Morgan fingerprint density at radius 2 is 1.79 bits per heavy atom. The number of nitrogens with zero attached hydrogens (tertiary/aromatic N) is 11. The van der Waals surface area contributed by atoms with E-state index >= 15 is 0 Å². The Hall–Kier alpha value is -6.19. The van der Waals surface area contributed by atoms with E-state index in [4.69, 9.17) is 0 Å². The van der Waals surface area contributed by atoms with Gasteiger partial charge in [0.25, 0.3) is 0 Å². The van der Waals surface area contributed by atoms with Gasteiger partial charge in [0, 0.05) is 61.9 Å². The molecule has 1 aliphatic carbocycles. The second-order valence-electron chi connectivity index (χ2n) is 15.5. The lowest BCUT2D eigenvalue weighted by Gasteiger charge is -2.37. The van der Waals surface area contributed by atoms with Crippen molar-refractivity contribution < 1.29 is 9.59 Å². The molecule has 0 unspecified atom stereocenters. The van der Waals surface area contributed by atoms with Crippen molar-refractivity contribution in [2.24, 2.45) is 5.92 Å². The molecule has 15 nitrogen and oxygen atoms in total. The first-order valence-corrected chi connectivity index (χ1v) is 19.5. The van der Waals surface area contributed by atoms with E-state index in [1.54, 1.807) is 34.7 Å². The maximum Gasteiger partial charge on any atom is 0.236 e. The number of aromatic nitrogens is 7. The van der Waals surface area contributed by atoms with Gasteiger partial charge in [-0.15, -0.1) is 5.10 Å². The lowest BCUT2D eigenvalue weighted by molar-refractivity contribution is -0.137. The molecule has 2 saturated heterocycles. The number of nitrogens with one attached hydrogen (secondary N) is 2. The highest BCUT2D eigenvalue weighted by molar-refractivity contribution is 6.03. The second kappa shape index (κ2) is 15.5. The molecule has 2 N–H and O–H groups in total. The number of piperazine rings is 1. The van der Waals surface area contributed by atoms with Crippen molar-refractivity contribution in [3.63, 3.8) is 0 Å². The summed E-state index contributed by atoms with van der Waals surface area (Å²) in [5.41, 5.74) is 4.81. The van der Waals surface area contributed by atoms with Crippen LogP contribution >= 0.6 is 0 Å². The molecule has 4 aromatic heterocycles. The summed E-state index contributed by atoms with van der Waals surface area (Å²) in [5.74, 6) is 1.15. The first-order chi connectivity index (χ1) is 27.2. The van der Waals surface area contributed by atoms with Crippen LogP contribution in [0.5, 0.6) is 0 Å². The Morgan fingerprint density at radius 3 is 2.52 bits per heavy atom. The number of amides is 2. The second-order valence-corrected chi connectivity index (χ2v) is 15.5. The van der Waals surface area contributed by atoms with Crippen molar-refractivity contribution in [1.29, 1.82) is 10.5 Å². The van der Waals surface area contributed by atoms with Gasteiger partial charge in [-0.05, 0) is 88.6 Å². The number of fused-ring (bicyclic) bond motifs is 1. The van der Waals surface area contributed by atoms with Crippen LogP contribution in [-0.4, -0.2) is 90.2 Å². The molecule has 1 aromatic carbocycles. The minimum Gasteiger partial charge on any atom is -0.369 e. The average molecular weight is 752 g/mol. The minimum absolute atomic E-state index is 0.191. The van der Waals surface area contributed by atoms with Crippen molar-refractivity contribution in [3.05, 3.63) is 78.0 Å². The smallest absolute Gasteiger partial charge is 0.236 e. The van der Waals surface area contributed by atoms with Gasteiger partial charge in [-0.25, -0.2) is 14.6 Å². The average Bonchev–Trinajstić information content (AvgIpc) is 3.90. The Bertz CT molecular complexity index is 2320. The lowest BCUT2D eigenvalue weighted by Crippen LogP contribution is -2.49. The Balaban J connectivity index is 0.838. The molecule has 5 aromatic rings. The third-order valence-electron chi connectivity index (χ3n) is 11.9. The molecule has 0 bridgehead atoms. The molecular weight excluding hydrogens is 707 g/mol. The first kappa shape index (κ1) is 36.8. The molecular formula is C41H45N13O2. The van der Waals surface area contributed by atoms with Gasteiger partial charge in [0.15, 0.2) is 11.5 Å². The van der Waals surface area contributed by atoms with E-state index in [0.717, 1.165) is 62.2 Å². The minimum atomic E-state index is -0.670. The zero-order valence-corrected chi connectivity index (χ0v) is 31.7. The molecule has 6 heterocycles. The van der Waals surface area contributed by atoms with Crippen molar-refractivity contribution in [1.82, 2.24) is 45.0 Å². The zero-order valence-electron chi connectivity index (χ0n) is 31.7. The van der Waals surface area contributed by atoms with Crippen molar-refractivity contribution in [3.8, 4) is 23.6 Å². The van der Waals surface area contributed by atoms with Gasteiger partial charge in [0.05, 0.1) is 47.0 Å². The summed E-state index contributed by atoms with van der Waals surface area (Å²) in [4.78, 5) is 38.4. The number of nitriles is 2. The number of pyridine rings is 2. The zero-order chi connectivity index (χ0) is 38.8. The van der Waals surface area contributed by atoms with Crippen LogP contribution in [0.2, 0.25) is 0 Å². The van der Waals surface area contributed by atoms with Gasteiger partial charge >= 0.3 is 0 Å².